The Balaban J connectivity index is 1.53. The van der Waals surface area contributed by atoms with Gasteiger partial charge in [0.25, 0.3) is 5.91 Å². The molecule has 0 bridgehead atoms. The van der Waals surface area contributed by atoms with E-state index in [1.807, 2.05) is 30.3 Å². The highest BCUT2D eigenvalue weighted by molar-refractivity contribution is 7.89. The van der Waals surface area contributed by atoms with Crippen LogP contribution in [0, 0.1) is 5.92 Å². The Hall–Kier alpha value is -2.72. The number of carbonyl (C=O) groups is 1. The maximum atomic E-state index is 13.7. The molecular weight excluding hydrogens is 516 g/mol. The Morgan fingerprint density at radius 2 is 1.85 bits per heavy atom. The lowest BCUT2D eigenvalue weighted by Gasteiger charge is -2.40. The maximum absolute atomic E-state index is 13.7. The van der Waals surface area contributed by atoms with Crippen molar-refractivity contribution < 1.29 is 27.8 Å². The van der Waals surface area contributed by atoms with Crippen molar-refractivity contribution in [2.45, 2.75) is 61.7 Å². The van der Waals surface area contributed by atoms with E-state index in [1.54, 1.807) is 23.1 Å². The third-order valence-corrected chi connectivity index (χ3v) is 9.49. The van der Waals surface area contributed by atoms with Crippen LogP contribution in [-0.4, -0.2) is 80.2 Å². The van der Waals surface area contributed by atoms with E-state index >= 15 is 0 Å². The smallest absolute Gasteiger partial charge is 0.252 e. The highest BCUT2D eigenvalue weighted by Crippen LogP contribution is 2.29. The van der Waals surface area contributed by atoms with Crippen molar-refractivity contribution in [2.24, 2.45) is 5.92 Å². The molecule has 1 N–H and O–H groups in total. The summed E-state index contributed by atoms with van der Waals surface area (Å²) in [5.74, 6) is 0.611. The molecule has 8 nitrogen and oxygen atoms in total. The highest BCUT2D eigenvalue weighted by atomic mass is 32.2. The minimum absolute atomic E-state index is 0.0205. The number of aliphatic hydroxyl groups excluding tert-OH is 1. The van der Waals surface area contributed by atoms with Gasteiger partial charge in [-0.2, -0.15) is 4.31 Å². The molecule has 0 aromatic heterocycles. The zero-order valence-corrected chi connectivity index (χ0v) is 23.5. The lowest BCUT2D eigenvalue weighted by Crippen LogP contribution is -2.57. The van der Waals surface area contributed by atoms with Gasteiger partial charge < -0.3 is 19.5 Å². The van der Waals surface area contributed by atoms with Gasteiger partial charge in [-0.25, -0.2) is 8.42 Å². The van der Waals surface area contributed by atoms with Gasteiger partial charge in [0.2, 0.25) is 10.0 Å². The number of hydrogen-bond acceptors (Lipinski definition) is 6. The van der Waals surface area contributed by atoms with Crippen molar-refractivity contribution in [1.29, 1.82) is 0 Å². The average Bonchev–Trinajstić information content (AvgIpc) is 3.46. The summed E-state index contributed by atoms with van der Waals surface area (Å²) in [6.07, 6.45) is 4.99. The Kier molecular flexibility index (Phi) is 10.2. The van der Waals surface area contributed by atoms with Crippen LogP contribution < -0.4 is 4.74 Å². The topological polar surface area (TPSA) is 96.4 Å². The van der Waals surface area contributed by atoms with Gasteiger partial charge in [0.1, 0.15) is 11.9 Å². The number of benzene rings is 2. The second-order valence-electron chi connectivity index (χ2n) is 10.5. The van der Waals surface area contributed by atoms with E-state index in [0.29, 0.717) is 31.7 Å². The molecule has 0 spiro atoms. The molecule has 1 saturated carbocycles. The summed E-state index contributed by atoms with van der Waals surface area (Å²) in [4.78, 5) is 15.2. The third kappa shape index (κ3) is 7.48. The lowest BCUT2D eigenvalue weighted by atomic mass is 10.0. The first-order chi connectivity index (χ1) is 18.8. The maximum Gasteiger partial charge on any atom is 0.252 e. The van der Waals surface area contributed by atoms with Gasteiger partial charge in [0.15, 0.2) is 0 Å². The molecule has 9 heteroatoms. The van der Waals surface area contributed by atoms with Gasteiger partial charge in [0, 0.05) is 26.1 Å². The van der Waals surface area contributed by atoms with E-state index in [2.05, 4.69) is 6.58 Å². The Bertz CT molecular complexity index is 1180. The fourth-order valence-corrected chi connectivity index (χ4v) is 7.09. The number of methoxy groups -OCH3 is 1. The Morgan fingerprint density at radius 1 is 1.15 bits per heavy atom. The van der Waals surface area contributed by atoms with Crippen LogP contribution in [0.3, 0.4) is 0 Å². The molecule has 1 aliphatic carbocycles. The number of β-amino-alcohol motifs (C(OH)–C–C–N with tert-alkyl or cyclic N) is 1. The van der Waals surface area contributed by atoms with E-state index < -0.39 is 22.2 Å². The van der Waals surface area contributed by atoms with Crippen LogP contribution in [0.4, 0.5) is 0 Å². The number of nitrogens with zero attached hydrogens (tertiary/aromatic N) is 2. The van der Waals surface area contributed by atoms with E-state index in [4.69, 9.17) is 9.47 Å². The minimum Gasteiger partial charge on any atom is -0.497 e. The fourth-order valence-electron chi connectivity index (χ4n) is 5.54. The summed E-state index contributed by atoms with van der Waals surface area (Å²) in [5, 5.41) is 11.3. The van der Waals surface area contributed by atoms with Crippen molar-refractivity contribution in [2.75, 3.05) is 33.4 Å². The second-order valence-corrected chi connectivity index (χ2v) is 12.4. The van der Waals surface area contributed by atoms with E-state index in [0.717, 1.165) is 31.2 Å². The van der Waals surface area contributed by atoms with Gasteiger partial charge in [-0.1, -0.05) is 49.2 Å². The van der Waals surface area contributed by atoms with Crippen LogP contribution >= 0.6 is 0 Å². The molecule has 1 heterocycles. The van der Waals surface area contributed by atoms with Crippen LogP contribution in [0.5, 0.6) is 5.75 Å². The molecule has 1 saturated heterocycles. The largest absolute Gasteiger partial charge is 0.497 e. The lowest BCUT2D eigenvalue weighted by molar-refractivity contribution is -0.161. The van der Waals surface area contributed by atoms with Crippen molar-refractivity contribution in [3.63, 3.8) is 0 Å². The van der Waals surface area contributed by atoms with Crippen LogP contribution in [0.25, 0.3) is 0 Å². The van der Waals surface area contributed by atoms with Gasteiger partial charge >= 0.3 is 0 Å². The normalized spacial score (nSPS) is 21.3. The molecular formula is C30H40N2O6S. The van der Waals surface area contributed by atoms with Crippen molar-refractivity contribution in [3.05, 3.63) is 72.8 Å². The number of rotatable bonds is 13. The summed E-state index contributed by atoms with van der Waals surface area (Å²) < 4.78 is 39.9. The predicted molar refractivity (Wildman–Crippen MR) is 150 cm³/mol. The quantitative estimate of drug-likeness (QED) is 0.379. The summed E-state index contributed by atoms with van der Waals surface area (Å²) in [7, 11) is -2.34. The Labute approximate surface area is 232 Å². The second kappa shape index (κ2) is 13.6. The molecule has 0 radical (unpaired) electrons. The number of hydrogen-bond donors (Lipinski definition) is 1. The summed E-state index contributed by atoms with van der Waals surface area (Å²) in [6, 6.07) is 15.9. The molecule has 1 aliphatic heterocycles. The first-order valence-corrected chi connectivity index (χ1v) is 15.1. The number of morpholine rings is 1. The molecule has 39 heavy (non-hydrogen) atoms. The summed E-state index contributed by atoms with van der Waals surface area (Å²) in [5.41, 5.74) is 1.06. The van der Waals surface area contributed by atoms with Crippen molar-refractivity contribution >= 4 is 15.9 Å². The Morgan fingerprint density at radius 3 is 2.49 bits per heavy atom. The summed E-state index contributed by atoms with van der Waals surface area (Å²) in [6.45, 7) is 4.34. The molecule has 2 aromatic carbocycles. The van der Waals surface area contributed by atoms with Crippen LogP contribution in [0.2, 0.25) is 0 Å². The molecule has 4 rings (SSSR count). The number of ether oxygens (including phenoxy) is 2. The average molecular weight is 557 g/mol. The third-order valence-electron chi connectivity index (χ3n) is 7.64. The SMILES string of the molecule is C=CC[C@@H]1OC[C@H](Cc2ccccc2)N(C[C@H](O)CN(CC2CCCC2)S(=O)(=O)c2ccc(OC)cc2)C1=O. The van der Waals surface area contributed by atoms with Gasteiger partial charge in [0.05, 0.1) is 30.8 Å². The van der Waals surface area contributed by atoms with E-state index in [-0.39, 0.29) is 35.9 Å². The molecule has 3 atom stereocenters. The first kappa shape index (κ1) is 29.3. The van der Waals surface area contributed by atoms with Gasteiger partial charge in [-0.3, -0.25) is 4.79 Å². The monoisotopic (exact) mass is 556 g/mol. The number of amides is 1. The van der Waals surface area contributed by atoms with Crippen LogP contribution in [-0.2, 0) is 26.0 Å². The zero-order valence-electron chi connectivity index (χ0n) is 22.7. The molecule has 2 fully saturated rings. The molecule has 2 aromatic rings. The standard InChI is InChI=1S/C30H40N2O6S/c1-3-9-29-30(34)32(25(22-38-29)18-23-10-5-4-6-11-23)21-26(33)20-31(19-24-12-7-8-13-24)39(35,36)28-16-14-27(37-2)15-17-28/h3-6,10-11,14-17,24-26,29,33H,1,7-9,12-13,18-22H2,2H3/t25-,26+,29-/m0/s1. The number of sulfonamides is 1. The van der Waals surface area contributed by atoms with Crippen LogP contribution in [0.15, 0.2) is 72.1 Å². The first-order valence-electron chi connectivity index (χ1n) is 13.7. The minimum atomic E-state index is -3.87. The molecule has 0 unspecified atom stereocenters. The van der Waals surface area contributed by atoms with Crippen molar-refractivity contribution in [1.82, 2.24) is 9.21 Å². The predicted octanol–water partition coefficient (Wildman–Crippen LogP) is 3.65. The van der Waals surface area contributed by atoms with E-state index in [9.17, 15) is 18.3 Å². The van der Waals surface area contributed by atoms with Gasteiger partial charge in [-0.15, -0.1) is 6.58 Å². The summed E-state index contributed by atoms with van der Waals surface area (Å²) >= 11 is 0. The molecule has 1 amide bonds. The molecule has 2 aliphatic rings. The molecule has 212 valence electrons. The fraction of sp³-hybridized carbons (Fsp3) is 0.500. The zero-order chi connectivity index (χ0) is 27.8. The van der Waals surface area contributed by atoms with E-state index in [1.165, 1.54) is 23.5 Å². The van der Waals surface area contributed by atoms with Gasteiger partial charge in [-0.05, 0) is 55.0 Å². The number of aliphatic hydroxyl groups is 1. The van der Waals surface area contributed by atoms with Crippen LogP contribution in [0.1, 0.15) is 37.7 Å². The van der Waals surface area contributed by atoms with Crippen molar-refractivity contribution in [3.8, 4) is 5.75 Å². The number of carbonyl (C=O) groups excluding carboxylic acids is 1. The highest BCUT2D eigenvalue weighted by Gasteiger charge is 2.38.